The topological polar surface area (TPSA) is 59.8 Å². The van der Waals surface area contributed by atoms with Crippen LogP contribution in [0, 0.1) is 0 Å². The molecule has 1 aliphatic rings. The molecule has 5 nitrogen and oxygen atoms in total. The molecule has 1 heterocycles. The molecule has 3 rings (SSSR count). The molecule has 25 heavy (non-hydrogen) atoms. The fourth-order valence-electron chi connectivity index (χ4n) is 2.96. The minimum Gasteiger partial charge on any atom is -0.349 e. The summed E-state index contributed by atoms with van der Waals surface area (Å²) in [6.45, 7) is 0. The molecule has 1 N–H and O–H groups in total. The molecule has 1 aliphatic carbocycles. The van der Waals surface area contributed by atoms with Crippen LogP contribution in [0.25, 0.3) is 0 Å². The lowest BCUT2D eigenvalue weighted by atomic mass is 9.88. The summed E-state index contributed by atoms with van der Waals surface area (Å²) in [5, 5.41) is 9.68. The van der Waals surface area contributed by atoms with Crippen LogP contribution in [0.3, 0.4) is 0 Å². The molecular weight excluding hydrogens is 353 g/mol. The summed E-state index contributed by atoms with van der Waals surface area (Å²) in [5.41, 5.74) is 2.35. The summed E-state index contributed by atoms with van der Waals surface area (Å²) >= 11 is 0.939. The number of nitrogens with zero attached hydrogens (tertiary/aromatic N) is 3. The van der Waals surface area contributed by atoms with Crippen LogP contribution in [0.15, 0.2) is 29.4 Å². The van der Waals surface area contributed by atoms with E-state index in [-0.39, 0.29) is 22.9 Å². The van der Waals surface area contributed by atoms with Gasteiger partial charge in [-0.3, -0.25) is 4.79 Å². The number of carbonyl (C=O) groups excluding carboxylic acids is 1. The molecule has 134 valence electrons. The number of aryl methyl sites for hydroxylation is 1. The van der Waals surface area contributed by atoms with E-state index in [9.17, 15) is 18.0 Å². The molecule has 1 amide bonds. The van der Waals surface area contributed by atoms with Crippen LogP contribution in [0.5, 0.6) is 0 Å². The van der Waals surface area contributed by atoms with Crippen molar-refractivity contribution in [2.45, 2.75) is 36.6 Å². The monoisotopic (exact) mass is 370 g/mol. The Hall–Kier alpha value is -2.03. The van der Waals surface area contributed by atoms with Gasteiger partial charge in [0.25, 0.3) is 0 Å². The fraction of sp³-hybridized carbons (Fsp3) is 0.438. The van der Waals surface area contributed by atoms with Gasteiger partial charge >= 0.3 is 6.18 Å². The molecule has 1 unspecified atom stereocenters. The number of fused-ring (bicyclic) bond motifs is 1. The zero-order chi connectivity index (χ0) is 18.0. The average molecular weight is 370 g/mol. The standard InChI is InChI=1S/C16H17F3N4OS/c1-23-14(16(17,18)19)21-22-15(23)25-9-13(24)20-12-8-4-6-10-5-2-3-7-11(10)12/h2-3,5,7,12H,4,6,8-9H2,1H3,(H,20,24). The number of alkyl halides is 3. The molecule has 0 fully saturated rings. The van der Waals surface area contributed by atoms with E-state index in [1.54, 1.807) is 0 Å². The minimum absolute atomic E-state index is 0.0114. The van der Waals surface area contributed by atoms with Gasteiger partial charge in [0.1, 0.15) is 0 Å². The van der Waals surface area contributed by atoms with Crippen molar-refractivity contribution in [2.75, 3.05) is 5.75 Å². The van der Waals surface area contributed by atoms with Crippen molar-refractivity contribution in [3.63, 3.8) is 0 Å². The first-order valence-electron chi connectivity index (χ1n) is 7.83. The third-order valence-corrected chi connectivity index (χ3v) is 5.15. The Morgan fingerprint density at radius 2 is 2.12 bits per heavy atom. The van der Waals surface area contributed by atoms with Crippen molar-refractivity contribution >= 4 is 17.7 Å². The summed E-state index contributed by atoms with van der Waals surface area (Å²) in [7, 11) is 1.24. The molecule has 1 aromatic carbocycles. The fourth-order valence-corrected chi connectivity index (χ4v) is 3.68. The number of benzene rings is 1. The molecule has 0 saturated carbocycles. The quantitative estimate of drug-likeness (QED) is 0.840. The highest BCUT2D eigenvalue weighted by atomic mass is 32.2. The largest absolute Gasteiger partial charge is 0.451 e. The second kappa shape index (κ2) is 7.07. The van der Waals surface area contributed by atoms with Crippen LogP contribution in [0.1, 0.15) is 35.8 Å². The van der Waals surface area contributed by atoms with Gasteiger partial charge in [0.2, 0.25) is 11.7 Å². The van der Waals surface area contributed by atoms with E-state index in [0.717, 1.165) is 41.2 Å². The lowest BCUT2D eigenvalue weighted by Crippen LogP contribution is -2.32. The Bertz CT molecular complexity index is 775. The Balaban J connectivity index is 1.61. The van der Waals surface area contributed by atoms with E-state index in [0.29, 0.717) is 0 Å². The summed E-state index contributed by atoms with van der Waals surface area (Å²) in [4.78, 5) is 12.2. The van der Waals surface area contributed by atoms with Crippen LogP contribution in [-0.4, -0.2) is 26.4 Å². The van der Waals surface area contributed by atoms with Gasteiger partial charge < -0.3 is 9.88 Å². The first-order valence-corrected chi connectivity index (χ1v) is 8.81. The van der Waals surface area contributed by atoms with E-state index in [4.69, 9.17) is 0 Å². The summed E-state index contributed by atoms with van der Waals surface area (Å²) < 4.78 is 39.0. The maximum absolute atomic E-state index is 12.7. The number of halogens is 3. The first-order chi connectivity index (χ1) is 11.9. The number of aromatic nitrogens is 3. The lowest BCUT2D eigenvalue weighted by Gasteiger charge is -2.26. The molecule has 9 heteroatoms. The zero-order valence-electron chi connectivity index (χ0n) is 13.5. The molecule has 0 saturated heterocycles. The molecule has 2 aromatic rings. The molecule has 0 radical (unpaired) electrons. The second-order valence-corrected chi connectivity index (χ2v) is 6.81. The minimum atomic E-state index is -4.56. The van der Waals surface area contributed by atoms with E-state index >= 15 is 0 Å². The van der Waals surface area contributed by atoms with Crippen LogP contribution in [0.4, 0.5) is 13.2 Å². The Kier molecular flexibility index (Phi) is 5.03. The summed E-state index contributed by atoms with van der Waals surface area (Å²) in [6.07, 6.45) is -1.71. The predicted octanol–water partition coefficient (Wildman–Crippen LogP) is 3.12. The van der Waals surface area contributed by atoms with Crippen molar-refractivity contribution in [1.29, 1.82) is 0 Å². The zero-order valence-corrected chi connectivity index (χ0v) is 14.3. The van der Waals surface area contributed by atoms with Crippen LogP contribution >= 0.6 is 11.8 Å². The molecular formula is C16H17F3N4OS. The summed E-state index contributed by atoms with van der Waals surface area (Å²) in [5.74, 6) is -1.32. The van der Waals surface area contributed by atoms with Gasteiger partial charge in [0, 0.05) is 7.05 Å². The van der Waals surface area contributed by atoms with Crippen LogP contribution < -0.4 is 5.32 Å². The number of amides is 1. The van der Waals surface area contributed by atoms with Gasteiger partial charge in [-0.2, -0.15) is 13.2 Å². The average Bonchev–Trinajstić information content (AvgIpc) is 2.94. The maximum Gasteiger partial charge on any atom is 0.451 e. The van der Waals surface area contributed by atoms with Crippen molar-refractivity contribution in [2.24, 2.45) is 7.05 Å². The molecule has 1 atom stereocenters. The molecule has 0 aliphatic heterocycles. The Morgan fingerprint density at radius 1 is 1.36 bits per heavy atom. The number of hydrogen-bond acceptors (Lipinski definition) is 4. The first kappa shape index (κ1) is 17.8. The summed E-state index contributed by atoms with van der Waals surface area (Å²) in [6, 6.07) is 7.93. The van der Waals surface area contributed by atoms with E-state index in [1.807, 2.05) is 18.2 Å². The number of thioether (sulfide) groups is 1. The highest BCUT2D eigenvalue weighted by Gasteiger charge is 2.37. The number of carbonyl (C=O) groups is 1. The van der Waals surface area contributed by atoms with Gasteiger partial charge in [-0.15, -0.1) is 10.2 Å². The van der Waals surface area contributed by atoms with Crippen molar-refractivity contribution in [1.82, 2.24) is 20.1 Å². The maximum atomic E-state index is 12.7. The van der Waals surface area contributed by atoms with E-state index < -0.39 is 12.0 Å². The van der Waals surface area contributed by atoms with Gasteiger partial charge in [0.05, 0.1) is 11.8 Å². The van der Waals surface area contributed by atoms with Gasteiger partial charge in [-0.25, -0.2) is 0 Å². The predicted molar refractivity (Wildman–Crippen MR) is 87.0 cm³/mol. The van der Waals surface area contributed by atoms with Gasteiger partial charge in [-0.1, -0.05) is 36.0 Å². The number of nitrogens with one attached hydrogen (secondary N) is 1. The lowest BCUT2D eigenvalue weighted by molar-refractivity contribution is -0.147. The van der Waals surface area contributed by atoms with Gasteiger partial charge in [-0.05, 0) is 30.4 Å². The molecule has 1 aromatic heterocycles. The Morgan fingerprint density at radius 3 is 2.84 bits per heavy atom. The SMILES string of the molecule is Cn1c(SCC(=O)NC2CCCc3ccccc32)nnc1C(F)(F)F. The van der Waals surface area contributed by atoms with Crippen molar-refractivity contribution in [3.8, 4) is 0 Å². The van der Waals surface area contributed by atoms with Crippen LogP contribution in [0.2, 0.25) is 0 Å². The van der Waals surface area contributed by atoms with E-state index in [1.165, 1.54) is 12.6 Å². The van der Waals surface area contributed by atoms with Crippen molar-refractivity contribution in [3.05, 3.63) is 41.2 Å². The molecule has 0 spiro atoms. The van der Waals surface area contributed by atoms with E-state index in [2.05, 4.69) is 21.6 Å². The smallest absolute Gasteiger partial charge is 0.349 e. The third kappa shape index (κ3) is 3.97. The van der Waals surface area contributed by atoms with Crippen LogP contribution in [-0.2, 0) is 24.4 Å². The third-order valence-electron chi connectivity index (χ3n) is 4.13. The second-order valence-electron chi connectivity index (χ2n) is 5.86. The van der Waals surface area contributed by atoms with Crippen molar-refractivity contribution < 1.29 is 18.0 Å². The molecule has 0 bridgehead atoms. The normalized spacial score (nSPS) is 17.2. The number of hydrogen-bond donors (Lipinski definition) is 1. The van der Waals surface area contributed by atoms with Gasteiger partial charge in [0.15, 0.2) is 5.16 Å². The number of rotatable bonds is 4. The highest BCUT2D eigenvalue weighted by molar-refractivity contribution is 7.99. The highest BCUT2D eigenvalue weighted by Crippen LogP contribution is 2.31. The Labute approximate surface area is 147 Å².